The Balaban J connectivity index is 1.86. The number of benzene rings is 1. The summed E-state index contributed by atoms with van der Waals surface area (Å²) in [5.74, 6) is 1.78. The van der Waals surface area contributed by atoms with Crippen LogP contribution in [-0.2, 0) is 11.3 Å². The van der Waals surface area contributed by atoms with Crippen LogP contribution in [0.5, 0.6) is 5.75 Å². The molecule has 0 spiro atoms. The molecule has 1 aromatic rings. The van der Waals surface area contributed by atoms with Gasteiger partial charge in [-0.1, -0.05) is 12.1 Å². The van der Waals surface area contributed by atoms with E-state index in [9.17, 15) is 0 Å². The maximum Gasteiger partial charge on any atom is 0.191 e. The van der Waals surface area contributed by atoms with Crippen molar-refractivity contribution < 1.29 is 9.47 Å². The van der Waals surface area contributed by atoms with Gasteiger partial charge in [0.15, 0.2) is 5.96 Å². The van der Waals surface area contributed by atoms with Crippen molar-refractivity contribution in [3.8, 4) is 5.75 Å². The van der Waals surface area contributed by atoms with Gasteiger partial charge in [-0.15, -0.1) is 0 Å². The highest BCUT2D eigenvalue weighted by molar-refractivity contribution is 5.79. The first-order valence-electron chi connectivity index (χ1n) is 10.2. The monoisotopic (exact) mass is 376 g/mol. The predicted octanol–water partition coefficient (Wildman–Crippen LogP) is 2.56. The van der Waals surface area contributed by atoms with E-state index >= 15 is 0 Å². The topological polar surface area (TPSA) is 58.1 Å². The fourth-order valence-electron chi connectivity index (χ4n) is 3.00. The van der Waals surface area contributed by atoms with Crippen LogP contribution in [0.3, 0.4) is 0 Å². The highest BCUT2D eigenvalue weighted by Gasteiger charge is 2.10. The van der Waals surface area contributed by atoms with Crippen LogP contribution in [-0.4, -0.2) is 62.9 Å². The third-order valence-electron chi connectivity index (χ3n) is 4.38. The Morgan fingerprint density at radius 2 is 2.04 bits per heavy atom. The minimum atomic E-state index is 0.154. The molecule has 0 aliphatic carbocycles. The molecule has 2 N–H and O–H groups in total. The lowest BCUT2D eigenvalue weighted by molar-refractivity contribution is 0.0376. The molecule has 0 unspecified atom stereocenters. The van der Waals surface area contributed by atoms with Crippen molar-refractivity contribution in [1.29, 1.82) is 0 Å². The Labute approximate surface area is 164 Å². The maximum absolute atomic E-state index is 5.96. The van der Waals surface area contributed by atoms with E-state index in [-0.39, 0.29) is 6.10 Å². The number of aryl methyl sites for hydroxylation is 1. The SMILES string of the molecule is CCNC(=NCc1ccc(C)cc1OC(C)C)NCCCN1CCOCC1. The normalized spacial score (nSPS) is 15.8. The smallest absolute Gasteiger partial charge is 0.191 e. The quantitative estimate of drug-likeness (QED) is 0.394. The molecular formula is C21H36N4O2. The first kappa shape index (κ1) is 21.5. The highest BCUT2D eigenvalue weighted by Crippen LogP contribution is 2.22. The number of nitrogens with zero attached hydrogens (tertiary/aromatic N) is 2. The molecule has 6 heteroatoms. The van der Waals surface area contributed by atoms with Gasteiger partial charge in [-0.3, -0.25) is 4.90 Å². The van der Waals surface area contributed by atoms with Crippen molar-refractivity contribution in [2.24, 2.45) is 4.99 Å². The zero-order chi connectivity index (χ0) is 19.5. The van der Waals surface area contributed by atoms with Crippen molar-refractivity contribution in [3.63, 3.8) is 0 Å². The van der Waals surface area contributed by atoms with Crippen LogP contribution in [0.15, 0.2) is 23.2 Å². The number of morpholine rings is 1. The minimum absolute atomic E-state index is 0.154. The lowest BCUT2D eigenvalue weighted by Crippen LogP contribution is -2.40. The van der Waals surface area contributed by atoms with Crippen molar-refractivity contribution >= 4 is 5.96 Å². The summed E-state index contributed by atoms with van der Waals surface area (Å²) in [4.78, 5) is 7.20. The van der Waals surface area contributed by atoms with Gasteiger partial charge in [0, 0.05) is 31.7 Å². The van der Waals surface area contributed by atoms with Gasteiger partial charge in [-0.25, -0.2) is 4.99 Å². The first-order chi connectivity index (χ1) is 13.1. The van der Waals surface area contributed by atoms with E-state index in [1.807, 2.05) is 0 Å². The molecule has 1 fully saturated rings. The third kappa shape index (κ3) is 8.18. The summed E-state index contributed by atoms with van der Waals surface area (Å²) in [6.07, 6.45) is 1.25. The Hall–Kier alpha value is -1.79. The Kier molecular flexibility index (Phi) is 9.42. The lowest BCUT2D eigenvalue weighted by atomic mass is 10.1. The number of ether oxygens (including phenoxy) is 2. The zero-order valence-corrected chi connectivity index (χ0v) is 17.4. The first-order valence-corrected chi connectivity index (χ1v) is 10.2. The molecular weight excluding hydrogens is 340 g/mol. The summed E-state index contributed by atoms with van der Waals surface area (Å²) in [5, 5.41) is 6.77. The van der Waals surface area contributed by atoms with Gasteiger partial charge in [-0.05, 0) is 52.3 Å². The van der Waals surface area contributed by atoms with Gasteiger partial charge in [0.1, 0.15) is 5.75 Å². The molecule has 2 rings (SSSR count). The summed E-state index contributed by atoms with van der Waals surface area (Å²) in [6, 6.07) is 6.31. The molecule has 6 nitrogen and oxygen atoms in total. The van der Waals surface area contributed by atoms with Crippen molar-refractivity contribution in [1.82, 2.24) is 15.5 Å². The summed E-state index contributed by atoms with van der Waals surface area (Å²) in [5.41, 5.74) is 2.31. The van der Waals surface area contributed by atoms with Gasteiger partial charge in [0.05, 0.1) is 25.9 Å². The van der Waals surface area contributed by atoms with Gasteiger partial charge >= 0.3 is 0 Å². The van der Waals surface area contributed by atoms with E-state index in [0.29, 0.717) is 6.54 Å². The molecule has 0 aromatic heterocycles. The van der Waals surface area contributed by atoms with Crippen LogP contribution in [0.4, 0.5) is 0 Å². The Bertz CT molecular complexity index is 584. The predicted molar refractivity (Wildman–Crippen MR) is 112 cm³/mol. The van der Waals surface area contributed by atoms with Gasteiger partial charge in [0.25, 0.3) is 0 Å². The third-order valence-corrected chi connectivity index (χ3v) is 4.38. The largest absolute Gasteiger partial charge is 0.491 e. The van der Waals surface area contributed by atoms with Crippen LogP contribution < -0.4 is 15.4 Å². The van der Waals surface area contributed by atoms with Gasteiger partial charge in [-0.2, -0.15) is 0 Å². The number of aliphatic imine (C=N–C) groups is 1. The standard InChI is InChI=1S/C21H36N4O2/c1-5-22-21(23-9-6-10-25-11-13-26-14-12-25)24-16-19-8-7-18(4)15-20(19)27-17(2)3/h7-8,15,17H,5-6,9-14,16H2,1-4H3,(H2,22,23,24). The summed E-state index contributed by atoms with van der Waals surface area (Å²) in [6.45, 7) is 15.5. The molecule has 0 amide bonds. The van der Waals surface area contributed by atoms with E-state index < -0.39 is 0 Å². The second kappa shape index (κ2) is 11.8. The second-order valence-electron chi connectivity index (χ2n) is 7.21. The average molecular weight is 377 g/mol. The van der Waals surface area contributed by atoms with E-state index in [1.54, 1.807) is 0 Å². The highest BCUT2D eigenvalue weighted by atomic mass is 16.5. The molecule has 1 aliphatic rings. The van der Waals surface area contributed by atoms with Crippen molar-refractivity contribution in [2.45, 2.75) is 46.8 Å². The molecule has 152 valence electrons. The van der Waals surface area contributed by atoms with E-state index in [0.717, 1.165) is 69.6 Å². The fourth-order valence-corrected chi connectivity index (χ4v) is 3.00. The van der Waals surface area contributed by atoms with Gasteiger partial charge < -0.3 is 20.1 Å². The van der Waals surface area contributed by atoms with E-state index in [4.69, 9.17) is 14.5 Å². The summed E-state index contributed by atoms with van der Waals surface area (Å²) in [7, 11) is 0. The number of hydrogen-bond donors (Lipinski definition) is 2. The number of rotatable bonds is 9. The van der Waals surface area contributed by atoms with Crippen molar-refractivity contribution in [3.05, 3.63) is 29.3 Å². The fraction of sp³-hybridized carbons (Fsp3) is 0.667. The molecule has 1 heterocycles. The molecule has 27 heavy (non-hydrogen) atoms. The number of nitrogens with one attached hydrogen (secondary N) is 2. The maximum atomic E-state index is 5.96. The van der Waals surface area contributed by atoms with E-state index in [1.165, 1.54) is 5.56 Å². The lowest BCUT2D eigenvalue weighted by Gasteiger charge is -2.26. The average Bonchev–Trinajstić information content (AvgIpc) is 2.64. The van der Waals surface area contributed by atoms with Crippen LogP contribution >= 0.6 is 0 Å². The molecule has 1 aliphatic heterocycles. The number of hydrogen-bond acceptors (Lipinski definition) is 4. The molecule has 0 bridgehead atoms. The molecule has 1 aromatic carbocycles. The zero-order valence-electron chi connectivity index (χ0n) is 17.4. The second-order valence-corrected chi connectivity index (χ2v) is 7.21. The minimum Gasteiger partial charge on any atom is -0.491 e. The van der Waals surface area contributed by atoms with Gasteiger partial charge in [0.2, 0.25) is 0 Å². The molecule has 0 radical (unpaired) electrons. The molecule has 0 saturated carbocycles. The Morgan fingerprint density at radius 3 is 2.74 bits per heavy atom. The van der Waals surface area contributed by atoms with Crippen LogP contribution in [0, 0.1) is 6.92 Å². The molecule has 1 saturated heterocycles. The summed E-state index contributed by atoms with van der Waals surface area (Å²) < 4.78 is 11.4. The number of guanidine groups is 1. The Morgan fingerprint density at radius 1 is 1.26 bits per heavy atom. The summed E-state index contributed by atoms with van der Waals surface area (Å²) >= 11 is 0. The van der Waals surface area contributed by atoms with Crippen LogP contribution in [0.1, 0.15) is 38.3 Å². The van der Waals surface area contributed by atoms with Crippen molar-refractivity contribution in [2.75, 3.05) is 45.9 Å². The van der Waals surface area contributed by atoms with Crippen LogP contribution in [0.25, 0.3) is 0 Å². The van der Waals surface area contributed by atoms with E-state index in [2.05, 4.69) is 61.4 Å². The molecule has 0 atom stereocenters. The van der Waals surface area contributed by atoms with Crippen LogP contribution in [0.2, 0.25) is 0 Å².